The molecule has 2 atom stereocenters. The number of rotatable bonds is 5. The molecular weight excluding hydrogens is 348 g/mol. The lowest BCUT2D eigenvalue weighted by atomic mass is 9.98. The van der Waals surface area contributed by atoms with Gasteiger partial charge in [0.2, 0.25) is 0 Å². The van der Waals surface area contributed by atoms with E-state index in [1.165, 1.54) is 38.8 Å². The topological polar surface area (TPSA) is 29.3 Å². The fourth-order valence-electron chi connectivity index (χ4n) is 3.14. The molecular formula is C17H26BrClN2. The van der Waals surface area contributed by atoms with Crippen molar-refractivity contribution in [1.29, 1.82) is 0 Å². The first kappa shape index (κ1) is 17.3. The van der Waals surface area contributed by atoms with Crippen LogP contribution in [0.25, 0.3) is 0 Å². The molecule has 2 unspecified atom stereocenters. The average molecular weight is 374 g/mol. The Balaban J connectivity index is 1.84. The third-order valence-corrected chi connectivity index (χ3v) is 5.46. The molecule has 0 aliphatic carbocycles. The van der Waals surface area contributed by atoms with Crippen molar-refractivity contribution in [2.75, 3.05) is 19.6 Å². The van der Waals surface area contributed by atoms with Crippen molar-refractivity contribution >= 4 is 27.5 Å². The summed E-state index contributed by atoms with van der Waals surface area (Å²) in [6.45, 7) is 5.83. The summed E-state index contributed by atoms with van der Waals surface area (Å²) < 4.78 is 1.00. The van der Waals surface area contributed by atoms with Gasteiger partial charge in [0.15, 0.2) is 0 Å². The molecule has 0 radical (unpaired) electrons. The highest BCUT2D eigenvalue weighted by atomic mass is 79.9. The first-order valence-electron chi connectivity index (χ1n) is 8.03. The maximum atomic E-state index is 6.33. The Morgan fingerprint density at radius 3 is 2.90 bits per heavy atom. The predicted octanol–water partition coefficient (Wildman–Crippen LogP) is 5.00. The van der Waals surface area contributed by atoms with Gasteiger partial charge in [0, 0.05) is 15.5 Å². The summed E-state index contributed by atoms with van der Waals surface area (Å²) >= 11 is 9.72. The average Bonchev–Trinajstić information content (AvgIpc) is 2.69. The van der Waals surface area contributed by atoms with E-state index in [1.54, 1.807) is 0 Å². The minimum Gasteiger partial charge on any atom is -0.324 e. The molecule has 2 N–H and O–H groups in total. The van der Waals surface area contributed by atoms with Crippen molar-refractivity contribution in [3.8, 4) is 0 Å². The van der Waals surface area contributed by atoms with Gasteiger partial charge in [-0.05, 0) is 68.9 Å². The molecule has 1 aliphatic heterocycles. The first-order valence-corrected chi connectivity index (χ1v) is 9.20. The molecule has 2 nitrogen and oxygen atoms in total. The Bertz CT molecular complexity index is 452. The van der Waals surface area contributed by atoms with Crippen LogP contribution in [0.4, 0.5) is 0 Å². The van der Waals surface area contributed by atoms with Gasteiger partial charge >= 0.3 is 0 Å². The SMILES string of the molecule is CCC1CCCN(CCC(N)c2ccc(Br)cc2Cl)CC1. The minimum atomic E-state index is 0.0239. The summed E-state index contributed by atoms with van der Waals surface area (Å²) in [6, 6.07) is 6.00. The van der Waals surface area contributed by atoms with Crippen LogP contribution < -0.4 is 5.73 Å². The quantitative estimate of drug-likeness (QED) is 0.786. The molecule has 0 spiro atoms. The van der Waals surface area contributed by atoms with Crippen molar-refractivity contribution in [2.45, 2.75) is 45.1 Å². The van der Waals surface area contributed by atoms with E-state index < -0.39 is 0 Å². The molecule has 0 saturated carbocycles. The Morgan fingerprint density at radius 2 is 2.19 bits per heavy atom. The van der Waals surface area contributed by atoms with E-state index in [2.05, 4.69) is 27.8 Å². The molecule has 1 saturated heterocycles. The van der Waals surface area contributed by atoms with Gasteiger partial charge in [0.1, 0.15) is 0 Å². The number of hydrogen-bond donors (Lipinski definition) is 1. The van der Waals surface area contributed by atoms with Crippen molar-refractivity contribution < 1.29 is 0 Å². The number of halogens is 2. The highest BCUT2D eigenvalue weighted by molar-refractivity contribution is 9.10. The van der Waals surface area contributed by atoms with E-state index in [1.807, 2.05) is 18.2 Å². The fourth-order valence-corrected chi connectivity index (χ4v) is 3.95. The van der Waals surface area contributed by atoms with Crippen LogP contribution in [0.1, 0.15) is 50.6 Å². The molecule has 0 amide bonds. The van der Waals surface area contributed by atoms with Crippen LogP contribution in [0, 0.1) is 5.92 Å². The fraction of sp³-hybridized carbons (Fsp3) is 0.647. The molecule has 4 heteroatoms. The zero-order chi connectivity index (χ0) is 15.2. The number of hydrogen-bond acceptors (Lipinski definition) is 2. The van der Waals surface area contributed by atoms with Crippen LogP contribution in [0.3, 0.4) is 0 Å². The van der Waals surface area contributed by atoms with Gasteiger partial charge in [-0.15, -0.1) is 0 Å². The van der Waals surface area contributed by atoms with Crippen molar-refractivity contribution in [3.63, 3.8) is 0 Å². The third-order valence-electron chi connectivity index (χ3n) is 4.64. The van der Waals surface area contributed by atoms with Gasteiger partial charge in [0.25, 0.3) is 0 Å². The van der Waals surface area contributed by atoms with Crippen LogP contribution in [0.2, 0.25) is 5.02 Å². The highest BCUT2D eigenvalue weighted by Gasteiger charge is 2.17. The van der Waals surface area contributed by atoms with Gasteiger partial charge in [-0.2, -0.15) is 0 Å². The number of likely N-dealkylation sites (tertiary alicyclic amines) is 1. The zero-order valence-corrected chi connectivity index (χ0v) is 15.2. The second kappa shape index (κ2) is 8.52. The number of nitrogens with zero attached hydrogens (tertiary/aromatic N) is 1. The summed E-state index contributed by atoms with van der Waals surface area (Å²) in [5.41, 5.74) is 7.39. The van der Waals surface area contributed by atoms with E-state index in [4.69, 9.17) is 17.3 Å². The van der Waals surface area contributed by atoms with Gasteiger partial charge in [0.05, 0.1) is 0 Å². The smallest absolute Gasteiger partial charge is 0.0464 e. The Morgan fingerprint density at radius 1 is 1.38 bits per heavy atom. The second-order valence-electron chi connectivity index (χ2n) is 6.11. The van der Waals surface area contributed by atoms with Crippen LogP contribution >= 0.6 is 27.5 Å². The summed E-state index contributed by atoms with van der Waals surface area (Å²) in [4.78, 5) is 2.57. The normalized spacial score (nSPS) is 22.0. The maximum Gasteiger partial charge on any atom is 0.0464 e. The van der Waals surface area contributed by atoms with E-state index in [0.29, 0.717) is 0 Å². The van der Waals surface area contributed by atoms with Crippen molar-refractivity contribution in [1.82, 2.24) is 4.90 Å². The molecule has 1 aliphatic rings. The Labute approximate surface area is 142 Å². The lowest BCUT2D eigenvalue weighted by Crippen LogP contribution is -2.28. The van der Waals surface area contributed by atoms with Gasteiger partial charge in [-0.25, -0.2) is 0 Å². The van der Waals surface area contributed by atoms with Gasteiger partial charge < -0.3 is 10.6 Å². The molecule has 1 heterocycles. The maximum absolute atomic E-state index is 6.33. The second-order valence-corrected chi connectivity index (χ2v) is 7.43. The molecule has 1 aromatic carbocycles. The van der Waals surface area contributed by atoms with Crippen LogP contribution in [-0.2, 0) is 0 Å². The molecule has 2 rings (SSSR count). The van der Waals surface area contributed by atoms with E-state index in [0.717, 1.165) is 33.9 Å². The van der Waals surface area contributed by atoms with E-state index in [-0.39, 0.29) is 6.04 Å². The van der Waals surface area contributed by atoms with Crippen LogP contribution in [0.5, 0.6) is 0 Å². The first-order chi connectivity index (χ1) is 10.1. The van der Waals surface area contributed by atoms with Crippen molar-refractivity contribution in [3.05, 3.63) is 33.3 Å². The summed E-state index contributed by atoms with van der Waals surface area (Å²) in [6.07, 6.45) is 6.34. The molecule has 21 heavy (non-hydrogen) atoms. The number of benzene rings is 1. The lowest BCUT2D eigenvalue weighted by molar-refractivity contribution is 0.269. The zero-order valence-electron chi connectivity index (χ0n) is 12.8. The van der Waals surface area contributed by atoms with Gasteiger partial charge in [-0.1, -0.05) is 46.9 Å². The largest absolute Gasteiger partial charge is 0.324 e. The molecule has 1 fully saturated rings. The summed E-state index contributed by atoms with van der Waals surface area (Å²) in [5, 5.41) is 0.763. The van der Waals surface area contributed by atoms with Gasteiger partial charge in [-0.3, -0.25) is 0 Å². The highest BCUT2D eigenvalue weighted by Crippen LogP contribution is 2.27. The van der Waals surface area contributed by atoms with Crippen molar-refractivity contribution in [2.24, 2.45) is 11.7 Å². The third kappa shape index (κ3) is 5.24. The summed E-state index contributed by atoms with van der Waals surface area (Å²) in [7, 11) is 0. The minimum absolute atomic E-state index is 0.0239. The molecule has 0 aromatic heterocycles. The van der Waals surface area contributed by atoms with Crippen LogP contribution in [0.15, 0.2) is 22.7 Å². The lowest BCUT2D eigenvalue weighted by Gasteiger charge is -2.22. The Hall–Kier alpha value is -0.0900. The summed E-state index contributed by atoms with van der Waals surface area (Å²) in [5.74, 6) is 0.921. The van der Waals surface area contributed by atoms with E-state index in [9.17, 15) is 0 Å². The predicted molar refractivity (Wildman–Crippen MR) is 94.8 cm³/mol. The number of nitrogens with two attached hydrogens (primary N) is 1. The monoisotopic (exact) mass is 372 g/mol. The van der Waals surface area contributed by atoms with E-state index >= 15 is 0 Å². The standard InChI is InChI=1S/C17H26BrClN2/c1-2-13-4-3-9-21(10-7-13)11-8-17(20)15-6-5-14(18)12-16(15)19/h5-6,12-13,17H,2-4,7-11,20H2,1H3. The molecule has 1 aromatic rings. The molecule has 118 valence electrons. The Kier molecular flexibility index (Phi) is 7.00. The van der Waals surface area contributed by atoms with Crippen LogP contribution in [-0.4, -0.2) is 24.5 Å². The molecule has 0 bridgehead atoms.